The summed E-state index contributed by atoms with van der Waals surface area (Å²) < 4.78 is 0. The second kappa shape index (κ2) is 5.82. The second-order valence-electron chi connectivity index (χ2n) is 7.11. The lowest BCUT2D eigenvalue weighted by atomic mass is 9.79. The minimum absolute atomic E-state index is 0.0444. The first-order valence-corrected chi connectivity index (χ1v) is 8.26. The Morgan fingerprint density at radius 3 is 2.48 bits per heavy atom. The van der Waals surface area contributed by atoms with Gasteiger partial charge in [0.2, 0.25) is 5.91 Å². The van der Waals surface area contributed by atoms with E-state index in [9.17, 15) is 14.7 Å². The van der Waals surface area contributed by atoms with Gasteiger partial charge in [-0.15, -0.1) is 0 Å². The Morgan fingerprint density at radius 1 is 1.14 bits per heavy atom. The molecule has 2 fully saturated rings. The van der Waals surface area contributed by atoms with Gasteiger partial charge in [-0.2, -0.15) is 0 Å². The average molecular weight is 291 g/mol. The summed E-state index contributed by atoms with van der Waals surface area (Å²) in [7, 11) is 0. The number of rotatable bonds is 4. The molecule has 3 aliphatic rings. The molecule has 4 heteroatoms. The lowest BCUT2D eigenvalue weighted by Gasteiger charge is -2.30. The van der Waals surface area contributed by atoms with Crippen LogP contribution in [0.25, 0.3) is 0 Å². The van der Waals surface area contributed by atoms with E-state index in [1.54, 1.807) is 0 Å². The number of carbonyl (C=O) groups is 2. The van der Waals surface area contributed by atoms with Crippen LogP contribution in [-0.2, 0) is 9.59 Å². The minimum atomic E-state index is -0.821. The van der Waals surface area contributed by atoms with Gasteiger partial charge in [-0.25, -0.2) is 0 Å². The fourth-order valence-corrected chi connectivity index (χ4v) is 4.56. The van der Waals surface area contributed by atoms with Crippen molar-refractivity contribution >= 4 is 11.9 Å². The zero-order valence-electron chi connectivity index (χ0n) is 12.6. The molecular formula is C17H25NO3. The molecule has 0 aromatic carbocycles. The van der Waals surface area contributed by atoms with E-state index >= 15 is 0 Å². The van der Waals surface area contributed by atoms with Crippen molar-refractivity contribution in [2.45, 2.75) is 39.0 Å². The Bertz CT molecular complexity index is 459. The van der Waals surface area contributed by atoms with Gasteiger partial charge < -0.3 is 10.4 Å². The highest BCUT2D eigenvalue weighted by molar-refractivity contribution is 5.86. The largest absolute Gasteiger partial charge is 0.481 e. The van der Waals surface area contributed by atoms with Gasteiger partial charge in [0.05, 0.1) is 11.8 Å². The van der Waals surface area contributed by atoms with Crippen LogP contribution in [0.5, 0.6) is 0 Å². The van der Waals surface area contributed by atoms with Crippen molar-refractivity contribution in [2.75, 3.05) is 6.54 Å². The lowest BCUT2D eigenvalue weighted by Crippen LogP contribution is -2.42. The molecule has 2 bridgehead atoms. The van der Waals surface area contributed by atoms with Crippen LogP contribution < -0.4 is 5.32 Å². The van der Waals surface area contributed by atoms with Gasteiger partial charge in [0.1, 0.15) is 0 Å². The van der Waals surface area contributed by atoms with Crippen LogP contribution in [0.1, 0.15) is 39.0 Å². The molecule has 0 spiro atoms. The summed E-state index contributed by atoms with van der Waals surface area (Å²) in [5.74, 6) is -0.360. The molecule has 1 amide bonds. The predicted molar refractivity (Wildman–Crippen MR) is 79.5 cm³/mol. The Kier molecular flexibility index (Phi) is 4.05. The Hall–Kier alpha value is -1.32. The second-order valence-corrected chi connectivity index (χ2v) is 7.11. The Labute approximate surface area is 126 Å². The number of allylic oxidation sites excluding steroid dienone is 2. The smallest absolute Gasteiger partial charge is 0.307 e. The van der Waals surface area contributed by atoms with Crippen molar-refractivity contribution in [3.8, 4) is 0 Å². The molecule has 0 heterocycles. The molecule has 0 aromatic heterocycles. The first-order valence-electron chi connectivity index (χ1n) is 8.26. The van der Waals surface area contributed by atoms with Crippen molar-refractivity contribution in [1.82, 2.24) is 5.32 Å². The molecule has 2 N–H and O–H groups in total. The summed E-state index contributed by atoms with van der Waals surface area (Å²) in [4.78, 5) is 23.9. The maximum absolute atomic E-state index is 12.5. The Balaban J connectivity index is 1.60. The summed E-state index contributed by atoms with van der Waals surface area (Å²) in [6.07, 6.45) is 9.82. The van der Waals surface area contributed by atoms with E-state index in [1.165, 1.54) is 25.7 Å². The quantitative estimate of drug-likeness (QED) is 0.782. The van der Waals surface area contributed by atoms with Gasteiger partial charge in [0.25, 0.3) is 0 Å². The third-order valence-corrected chi connectivity index (χ3v) is 5.87. The predicted octanol–water partition coefficient (Wildman–Crippen LogP) is 2.45. The molecule has 116 valence electrons. The number of nitrogens with one attached hydrogen (secondary N) is 1. The van der Waals surface area contributed by atoms with Gasteiger partial charge >= 0.3 is 5.97 Å². The molecule has 21 heavy (non-hydrogen) atoms. The number of amides is 1. The molecule has 4 unspecified atom stereocenters. The zero-order chi connectivity index (χ0) is 15.0. The van der Waals surface area contributed by atoms with Gasteiger partial charge in [-0.3, -0.25) is 9.59 Å². The van der Waals surface area contributed by atoms with Crippen LogP contribution in [0.4, 0.5) is 0 Å². The molecule has 3 aliphatic carbocycles. The fourth-order valence-electron chi connectivity index (χ4n) is 4.56. The number of carboxylic acid groups (broad SMARTS) is 1. The third kappa shape index (κ3) is 2.72. The first-order chi connectivity index (χ1) is 10.1. The maximum atomic E-state index is 12.5. The highest BCUT2D eigenvalue weighted by Crippen LogP contribution is 2.48. The van der Waals surface area contributed by atoms with E-state index in [0.29, 0.717) is 18.4 Å². The molecule has 4 nitrogen and oxygen atoms in total. The number of carbonyl (C=O) groups excluding carboxylic acids is 1. The van der Waals surface area contributed by atoms with Crippen molar-refractivity contribution in [3.05, 3.63) is 12.2 Å². The maximum Gasteiger partial charge on any atom is 0.307 e. The van der Waals surface area contributed by atoms with Crippen LogP contribution in [0.2, 0.25) is 0 Å². The van der Waals surface area contributed by atoms with E-state index in [1.807, 2.05) is 12.2 Å². The number of hydrogen-bond acceptors (Lipinski definition) is 2. The van der Waals surface area contributed by atoms with Crippen LogP contribution in [0, 0.1) is 35.5 Å². The third-order valence-electron chi connectivity index (χ3n) is 5.87. The van der Waals surface area contributed by atoms with Crippen molar-refractivity contribution in [3.63, 3.8) is 0 Å². The van der Waals surface area contributed by atoms with Crippen molar-refractivity contribution < 1.29 is 14.7 Å². The molecule has 0 saturated heterocycles. The van der Waals surface area contributed by atoms with Crippen LogP contribution in [0.3, 0.4) is 0 Å². The number of fused-ring (bicyclic) bond motifs is 2. The topological polar surface area (TPSA) is 66.4 Å². The molecule has 2 saturated carbocycles. The van der Waals surface area contributed by atoms with E-state index in [0.717, 1.165) is 6.42 Å². The monoisotopic (exact) mass is 291 g/mol. The van der Waals surface area contributed by atoms with E-state index in [-0.39, 0.29) is 23.7 Å². The highest BCUT2D eigenvalue weighted by Gasteiger charge is 2.51. The average Bonchev–Trinajstić information content (AvgIpc) is 3.06. The van der Waals surface area contributed by atoms with E-state index < -0.39 is 11.9 Å². The summed E-state index contributed by atoms with van der Waals surface area (Å²) in [6.45, 7) is 2.97. The summed E-state index contributed by atoms with van der Waals surface area (Å²) >= 11 is 0. The number of hydrogen-bond donors (Lipinski definition) is 2. The zero-order valence-corrected chi connectivity index (χ0v) is 12.6. The molecular weight excluding hydrogens is 266 g/mol. The normalized spacial score (nSPS) is 41.2. The van der Waals surface area contributed by atoms with E-state index in [2.05, 4.69) is 12.2 Å². The van der Waals surface area contributed by atoms with Crippen LogP contribution >= 0.6 is 0 Å². The van der Waals surface area contributed by atoms with Gasteiger partial charge in [0.15, 0.2) is 0 Å². The summed E-state index contributed by atoms with van der Waals surface area (Å²) in [5.41, 5.74) is 0. The van der Waals surface area contributed by atoms with Gasteiger partial charge in [-0.1, -0.05) is 38.3 Å². The standard InChI is InChI=1S/C17H25NO3/c1-10-4-2-3-5-13(10)9-18-16(19)14-11-6-7-12(8-11)15(14)17(20)21/h6-7,10-15H,2-5,8-9H2,1H3,(H,18,19)(H,20,21)/t10?,11?,12?,13?,14-,15+/m0/s1. The number of aliphatic carboxylic acids is 1. The molecule has 3 rings (SSSR count). The van der Waals surface area contributed by atoms with Crippen LogP contribution in [0.15, 0.2) is 12.2 Å². The molecule has 6 atom stereocenters. The van der Waals surface area contributed by atoms with E-state index in [4.69, 9.17) is 0 Å². The molecule has 0 aliphatic heterocycles. The SMILES string of the molecule is CC1CCCCC1CNC(=O)[C@H]1C2C=CC(C2)[C@H]1C(=O)O. The summed E-state index contributed by atoms with van der Waals surface area (Å²) in [6, 6.07) is 0. The highest BCUT2D eigenvalue weighted by atomic mass is 16.4. The van der Waals surface area contributed by atoms with Gasteiger partial charge in [-0.05, 0) is 36.5 Å². The first kappa shape index (κ1) is 14.6. The molecule has 0 radical (unpaired) electrons. The van der Waals surface area contributed by atoms with Crippen LogP contribution in [-0.4, -0.2) is 23.5 Å². The van der Waals surface area contributed by atoms with Crippen molar-refractivity contribution in [2.24, 2.45) is 35.5 Å². The molecule has 0 aromatic rings. The minimum Gasteiger partial charge on any atom is -0.481 e. The number of carboxylic acids is 1. The fraction of sp³-hybridized carbons (Fsp3) is 0.765. The summed E-state index contributed by atoms with van der Waals surface area (Å²) in [5, 5.41) is 12.5. The lowest BCUT2D eigenvalue weighted by molar-refractivity contribution is -0.147. The van der Waals surface area contributed by atoms with Gasteiger partial charge in [0, 0.05) is 6.54 Å². The van der Waals surface area contributed by atoms with Crippen molar-refractivity contribution in [1.29, 1.82) is 0 Å². The Morgan fingerprint density at radius 2 is 1.81 bits per heavy atom.